The minimum Gasteiger partial charge on any atom is -0.208 e. The van der Waals surface area contributed by atoms with Crippen molar-refractivity contribution in [3.8, 4) is 56.9 Å². The van der Waals surface area contributed by atoms with Crippen molar-refractivity contribution in [3.05, 3.63) is 151 Å². The number of hydrogen-bond donors (Lipinski definition) is 0. The molecule has 0 spiro atoms. The quantitative estimate of drug-likeness (QED) is 0.179. The number of aromatic nitrogens is 6. The molecule has 0 unspecified atom stereocenters. The van der Waals surface area contributed by atoms with Gasteiger partial charge < -0.3 is 0 Å². The molecule has 0 fully saturated rings. The molecule has 5 aromatic carbocycles. The monoisotopic (exact) mass is 648 g/mol. The summed E-state index contributed by atoms with van der Waals surface area (Å²) in [6.45, 7) is 0. The highest BCUT2D eigenvalue weighted by Crippen LogP contribution is 2.41. The van der Waals surface area contributed by atoms with E-state index < -0.39 is 0 Å². The van der Waals surface area contributed by atoms with Gasteiger partial charge in [-0.1, -0.05) is 133 Å². The maximum Gasteiger partial charge on any atom is 0.165 e. The van der Waals surface area contributed by atoms with E-state index in [1.807, 2.05) is 91.0 Å². The third-order valence-electron chi connectivity index (χ3n) is 8.62. The summed E-state index contributed by atoms with van der Waals surface area (Å²) in [4.78, 5) is 29.8. The van der Waals surface area contributed by atoms with Gasteiger partial charge in [-0.15, -0.1) is 11.3 Å². The molecule has 0 bridgehead atoms. The average Bonchev–Trinajstić information content (AvgIpc) is 3.57. The SMILES string of the molecule is C1=CC(c2nc(-c3ccccc3)nc(-c3cccc4c3sc3cc(-c5nc(-c6ccccc6)nc(-c6ccccc6)n5)ccc34)n2)=CCC1. The van der Waals surface area contributed by atoms with Crippen molar-refractivity contribution in [2.45, 2.75) is 12.8 Å². The van der Waals surface area contributed by atoms with Crippen LogP contribution in [0.25, 0.3) is 82.7 Å². The topological polar surface area (TPSA) is 77.3 Å². The third kappa shape index (κ3) is 5.60. The Morgan fingerprint density at radius 1 is 0.429 bits per heavy atom. The summed E-state index contributed by atoms with van der Waals surface area (Å²) >= 11 is 1.74. The van der Waals surface area contributed by atoms with E-state index in [0.717, 1.165) is 61.0 Å². The van der Waals surface area contributed by atoms with Crippen molar-refractivity contribution in [2.75, 3.05) is 0 Å². The lowest BCUT2D eigenvalue weighted by Gasteiger charge is -2.11. The van der Waals surface area contributed by atoms with Crippen LogP contribution in [0.1, 0.15) is 18.7 Å². The Kier molecular flexibility index (Phi) is 7.37. The summed E-state index contributed by atoms with van der Waals surface area (Å²) in [5.74, 6) is 3.95. The second-order valence-electron chi connectivity index (χ2n) is 11.8. The van der Waals surface area contributed by atoms with Crippen LogP contribution in [0.4, 0.5) is 0 Å². The number of thiophene rings is 1. The Morgan fingerprint density at radius 2 is 0.980 bits per heavy atom. The fourth-order valence-electron chi connectivity index (χ4n) is 6.17. The van der Waals surface area contributed by atoms with E-state index in [2.05, 4.69) is 54.6 Å². The molecule has 0 N–H and O–H groups in total. The molecule has 1 aliphatic carbocycles. The minimum absolute atomic E-state index is 0.635. The molecule has 0 saturated heterocycles. The molecule has 0 aliphatic heterocycles. The fourth-order valence-corrected chi connectivity index (χ4v) is 7.42. The molecule has 1 aliphatic rings. The molecule has 0 radical (unpaired) electrons. The molecule has 9 rings (SSSR count). The zero-order chi connectivity index (χ0) is 32.6. The van der Waals surface area contributed by atoms with Crippen LogP contribution in [-0.4, -0.2) is 29.9 Å². The smallest absolute Gasteiger partial charge is 0.165 e. The molecule has 8 aromatic rings. The van der Waals surface area contributed by atoms with E-state index in [0.29, 0.717) is 34.9 Å². The van der Waals surface area contributed by atoms with E-state index in [-0.39, 0.29) is 0 Å². The van der Waals surface area contributed by atoms with Gasteiger partial charge in [-0.3, -0.25) is 0 Å². The largest absolute Gasteiger partial charge is 0.208 e. The number of allylic oxidation sites excluding steroid dienone is 4. The molecular formula is C42H28N6S. The first kappa shape index (κ1) is 29.0. The van der Waals surface area contributed by atoms with Crippen LogP contribution in [0.5, 0.6) is 0 Å². The second-order valence-corrected chi connectivity index (χ2v) is 12.9. The molecule has 0 amide bonds. The summed E-state index contributed by atoms with van der Waals surface area (Å²) < 4.78 is 2.27. The maximum atomic E-state index is 5.05. The number of nitrogens with zero attached hydrogens (tertiary/aromatic N) is 6. The van der Waals surface area contributed by atoms with Gasteiger partial charge >= 0.3 is 0 Å². The number of benzene rings is 5. The summed E-state index contributed by atoms with van der Waals surface area (Å²) in [6, 6.07) is 43.1. The van der Waals surface area contributed by atoms with Gasteiger partial charge in [0.05, 0.1) is 0 Å². The normalized spacial score (nSPS) is 12.8. The fraction of sp³-hybridized carbons (Fsp3) is 0.0476. The lowest BCUT2D eigenvalue weighted by Crippen LogP contribution is -2.03. The summed E-state index contributed by atoms with van der Waals surface area (Å²) in [5.41, 5.74) is 5.80. The van der Waals surface area contributed by atoms with E-state index >= 15 is 0 Å². The first-order valence-corrected chi connectivity index (χ1v) is 17.1. The average molecular weight is 649 g/mol. The highest BCUT2D eigenvalue weighted by Gasteiger charge is 2.18. The predicted molar refractivity (Wildman–Crippen MR) is 200 cm³/mol. The Hall–Kier alpha value is -6.18. The highest BCUT2D eigenvalue weighted by molar-refractivity contribution is 7.26. The Morgan fingerprint density at radius 3 is 1.57 bits per heavy atom. The van der Waals surface area contributed by atoms with Crippen LogP contribution in [0.2, 0.25) is 0 Å². The molecule has 3 aromatic heterocycles. The molecule has 0 atom stereocenters. The van der Waals surface area contributed by atoms with Crippen molar-refractivity contribution in [1.29, 1.82) is 0 Å². The van der Waals surface area contributed by atoms with E-state index in [9.17, 15) is 0 Å². The van der Waals surface area contributed by atoms with Gasteiger partial charge in [-0.2, -0.15) is 0 Å². The molecule has 7 heteroatoms. The predicted octanol–water partition coefficient (Wildman–Crippen LogP) is 10.5. The summed E-state index contributed by atoms with van der Waals surface area (Å²) in [6.07, 6.45) is 8.52. The third-order valence-corrected chi connectivity index (χ3v) is 9.82. The van der Waals surface area contributed by atoms with Crippen LogP contribution in [0, 0.1) is 0 Å². The molecule has 232 valence electrons. The number of fused-ring (bicyclic) bond motifs is 3. The van der Waals surface area contributed by atoms with Gasteiger partial charge in [-0.05, 0) is 25.0 Å². The van der Waals surface area contributed by atoms with Crippen LogP contribution >= 0.6 is 11.3 Å². The lowest BCUT2D eigenvalue weighted by atomic mass is 10.1. The van der Waals surface area contributed by atoms with Gasteiger partial charge in [0.1, 0.15) is 0 Å². The Bertz CT molecular complexity index is 2480. The summed E-state index contributed by atoms with van der Waals surface area (Å²) in [7, 11) is 0. The molecular weight excluding hydrogens is 621 g/mol. The van der Waals surface area contributed by atoms with E-state index in [1.54, 1.807) is 11.3 Å². The van der Waals surface area contributed by atoms with Crippen molar-refractivity contribution in [3.63, 3.8) is 0 Å². The van der Waals surface area contributed by atoms with Crippen LogP contribution in [0.3, 0.4) is 0 Å². The van der Waals surface area contributed by atoms with E-state index in [1.165, 1.54) is 5.39 Å². The van der Waals surface area contributed by atoms with Gasteiger partial charge in [0.15, 0.2) is 34.9 Å². The molecule has 49 heavy (non-hydrogen) atoms. The number of rotatable bonds is 6. The maximum absolute atomic E-state index is 5.05. The standard InChI is InChI=1S/C42H28N6S/c1-5-14-27(15-6-1)37-43-38(28-16-7-2-8-17-28)46-41(45-37)31-24-25-32-33-22-13-23-34(36(33)49-35(32)26-31)42-47-39(29-18-9-3-10-19-29)44-40(48-42)30-20-11-4-12-21-30/h1-3,5-11,13-26H,4,12H2. The lowest BCUT2D eigenvalue weighted by molar-refractivity contribution is 1.01. The highest BCUT2D eigenvalue weighted by atomic mass is 32.1. The zero-order valence-electron chi connectivity index (χ0n) is 26.4. The van der Waals surface area contributed by atoms with Crippen LogP contribution < -0.4 is 0 Å². The molecule has 0 saturated carbocycles. The van der Waals surface area contributed by atoms with Crippen molar-refractivity contribution in [2.24, 2.45) is 0 Å². The van der Waals surface area contributed by atoms with E-state index in [4.69, 9.17) is 29.9 Å². The first-order valence-electron chi connectivity index (χ1n) is 16.3. The first-order chi connectivity index (χ1) is 24.3. The van der Waals surface area contributed by atoms with Crippen LogP contribution in [0.15, 0.2) is 146 Å². The Balaban J connectivity index is 1.19. The van der Waals surface area contributed by atoms with Gasteiger partial charge in [0, 0.05) is 53.6 Å². The molecule has 6 nitrogen and oxygen atoms in total. The molecule has 3 heterocycles. The second kappa shape index (κ2) is 12.4. The minimum atomic E-state index is 0.635. The van der Waals surface area contributed by atoms with Crippen molar-refractivity contribution in [1.82, 2.24) is 29.9 Å². The van der Waals surface area contributed by atoms with Crippen molar-refractivity contribution < 1.29 is 0 Å². The number of hydrogen-bond acceptors (Lipinski definition) is 7. The Labute approximate surface area is 287 Å². The van der Waals surface area contributed by atoms with Gasteiger partial charge in [0.2, 0.25) is 0 Å². The van der Waals surface area contributed by atoms with Crippen LogP contribution in [-0.2, 0) is 0 Å². The van der Waals surface area contributed by atoms with Gasteiger partial charge in [-0.25, -0.2) is 29.9 Å². The van der Waals surface area contributed by atoms with Gasteiger partial charge in [0.25, 0.3) is 0 Å². The zero-order valence-corrected chi connectivity index (χ0v) is 27.2. The van der Waals surface area contributed by atoms with Crippen molar-refractivity contribution >= 4 is 37.1 Å². The summed E-state index contributed by atoms with van der Waals surface area (Å²) in [5, 5.41) is 2.33.